The normalized spacial score (nSPS) is 14.3. The summed E-state index contributed by atoms with van der Waals surface area (Å²) in [5, 5.41) is 4.78. The Morgan fingerprint density at radius 2 is 1.96 bits per heavy atom. The summed E-state index contributed by atoms with van der Waals surface area (Å²) in [6.45, 7) is 1.86. The van der Waals surface area contributed by atoms with Gasteiger partial charge in [0.05, 0.1) is 5.56 Å². The first-order valence-corrected chi connectivity index (χ1v) is 8.20. The molecule has 5 heteroatoms. The van der Waals surface area contributed by atoms with Gasteiger partial charge in [0, 0.05) is 29.9 Å². The van der Waals surface area contributed by atoms with Gasteiger partial charge in [0.2, 0.25) is 0 Å². The van der Waals surface area contributed by atoms with Crippen LogP contribution < -0.4 is 5.73 Å². The van der Waals surface area contributed by atoms with Crippen LogP contribution in [0.25, 0.3) is 11.3 Å². The van der Waals surface area contributed by atoms with E-state index in [4.69, 9.17) is 10.8 Å². The molecule has 0 bridgehead atoms. The van der Waals surface area contributed by atoms with Gasteiger partial charge in [-0.2, -0.15) is 5.10 Å². The fourth-order valence-corrected chi connectivity index (χ4v) is 3.15. The summed E-state index contributed by atoms with van der Waals surface area (Å²) in [6, 6.07) is 7.62. The van der Waals surface area contributed by atoms with Crippen molar-refractivity contribution in [2.45, 2.75) is 32.2 Å². The number of nitrogen functional groups attached to an aromatic ring is 1. The van der Waals surface area contributed by atoms with Crippen LogP contribution in [0, 0.1) is 0 Å². The fraction of sp³-hybridized carbons (Fsp3) is 0.444. The second-order valence-electron chi connectivity index (χ2n) is 6.45. The van der Waals surface area contributed by atoms with Gasteiger partial charge in [-0.25, -0.2) is 0 Å². The molecule has 2 aromatic rings. The third-order valence-electron chi connectivity index (χ3n) is 4.31. The quantitative estimate of drug-likeness (QED) is 0.862. The van der Waals surface area contributed by atoms with Gasteiger partial charge in [-0.05, 0) is 52.0 Å². The summed E-state index contributed by atoms with van der Waals surface area (Å²) >= 11 is 0. The summed E-state index contributed by atoms with van der Waals surface area (Å²) in [7, 11) is 4.14. The summed E-state index contributed by atoms with van der Waals surface area (Å²) < 4.78 is 2.04. The minimum atomic E-state index is 0.219. The second-order valence-corrected chi connectivity index (χ2v) is 6.45. The van der Waals surface area contributed by atoms with E-state index in [-0.39, 0.29) is 5.78 Å². The first-order chi connectivity index (χ1) is 11.1. The zero-order chi connectivity index (χ0) is 16.4. The SMILES string of the molecule is CN(C)CCCn1nc(-c2ccc(N)cc2)c2c1CCCC2=O. The van der Waals surface area contributed by atoms with Crippen molar-refractivity contribution < 1.29 is 4.79 Å². The largest absolute Gasteiger partial charge is 0.399 e. The maximum atomic E-state index is 12.5. The van der Waals surface area contributed by atoms with Gasteiger partial charge in [-0.15, -0.1) is 0 Å². The molecule has 1 heterocycles. The molecule has 1 aromatic heterocycles. The predicted molar refractivity (Wildman–Crippen MR) is 92.5 cm³/mol. The van der Waals surface area contributed by atoms with E-state index >= 15 is 0 Å². The highest BCUT2D eigenvalue weighted by molar-refractivity contribution is 6.03. The molecule has 3 rings (SSSR count). The maximum Gasteiger partial charge on any atom is 0.166 e. The molecule has 0 saturated heterocycles. The zero-order valence-corrected chi connectivity index (χ0v) is 13.9. The monoisotopic (exact) mass is 312 g/mol. The number of benzene rings is 1. The molecule has 1 aliphatic carbocycles. The van der Waals surface area contributed by atoms with Crippen LogP contribution in [0.5, 0.6) is 0 Å². The minimum Gasteiger partial charge on any atom is -0.399 e. The smallest absolute Gasteiger partial charge is 0.166 e. The van der Waals surface area contributed by atoms with Crippen molar-refractivity contribution in [3.63, 3.8) is 0 Å². The first-order valence-electron chi connectivity index (χ1n) is 8.20. The number of aromatic nitrogens is 2. The number of carbonyl (C=O) groups excluding carboxylic acids is 1. The lowest BCUT2D eigenvalue weighted by molar-refractivity contribution is 0.0972. The lowest BCUT2D eigenvalue weighted by Crippen LogP contribution is -2.18. The third kappa shape index (κ3) is 3.29. The average molecular weight is 312 g/mol. The number of hydrogen-bond donors (Lipinski definition) is 1. The lowest BCUT2D eigenvalue weighted by atomic mass is 9.92. The van der Waals surface area contributed by atoms with E-state index in [1.165, 1.54) is 0 Å². The Morgan fingerprint density at radius 1 is 1.22 bits per heavy atom. The van der Waals surface area contributed by atoms with E-state index in [0.29, 0.717) is 6.42 Å². The number of hydrogen-bond acceptors (Lipinski definition) is 4. The van der Waals surface area contributed by atoms with E-state index in [9.17, 15) is 4.79 Å². The molecular formula is C18H24N4O. The van der Waals surface area contributed by atoms with Crippen LogP contribution in [0.1, 0.15) is 35.3 Å². The zero-order valence-electron chi connectivity index (χ0n) is 13.9. The Kier molecular flexibility index (Phi) is 4.48. The van der Waals surface area contributed by atoms with Crippen molar-refractivity contribution >= 4 is 11.5 Å². The van der Waals surface area contributed by atoms with Crippen molar-refractivity contribution in [3.8, 4) is 11.3 Å². The first kappa shape index (κ1) is 15.7. The lowest BCUT2D eigenvalue weighted by Gasteiger charge is -2.14. The predicted octanol–water partition coefficient (Wildman–Crippen LogP) is 2.60. The molecule has 0 amide bonds. The van der Waals surface area contributed by atoms with Crippen LogP contribution in [-0.2, 0) is 13.0 Å². The van der Waals surface area contributed by atoms with E-state index in [2.05, 4.69) is 19.0 Å². The Bertz CT molecular complexity index is 701. The van der Waals surface area contributed by atoms with Crippen molar-refractivity contribution in [2.75, 3.05) is 26.4 Å². The van der Waals surface area contributed by atoms with Gasteiger partial charge in [0.15, 0.2) is 5.78 Å². The number of nitrogens with two attached hydrogens (primary N) is 1. The Balaban J connectivity index is 1.97. The van der Waals surface area contributed by atoms with Gasteiger partial charge in [-0.1, -0.05) is 12.1 Å². The molecular weight excluding hydrogens is 288 g/mol. The number of Topliss-reactive ketones (excluding diaryl/α,β-unsaturated/α-hetero) is 1. The highest BCUT2D eigenvalue weighted by Gasteiger charge is 2.27. The van der Waals surface area contributed by atoms with Gasteiger partial charge in [0.25, 0.3) is 0 Å². The van der Waals surface area contributed by atoms with E-state index in [0.717, 1.165) is 60.6 Å². The van der Waals surface area contributed by atoms with Crippen molar-refractivity contribution in [1.82, 2.24) is 14.7 Å². The van der Waals surface area contributed by atoms with Gasteiger partial charge in [-0.3, -0.25) is 9.48 Å². The minimum absolute atomic E-state index is 0.219. The summed E-state index contributed by atoms with van der Waals surface area (Å²) in [5.41, 5.74) is 10.2. The summed E-state index contributed by atoms with van der Waals surface area (Å²) in [6.07, 6.45) is 3.51. The highest BCUT2D eigenvalue weighted by atomic mass is 16.1. The Labute approximate surface area is 137 Å². The van der Waals surface area contributed by atoms with Crippen LogP contribution in [0.3, 0.4) is 0 Å². The Hall–Kier alpha value is -2.14. The van der Waals surface area contributed by atoms with Crippen molar-refractivity contribution in [1.29, 1.82) is 0 Å². The number of fused-ring (bicyclic) bond motifs is 1. The van der Waals surface area contributed by atoms with Crippen LogP contribution in [-0.4, -0.2) is 41.1 Å². The number of anilines is 1. The van der Waals surface area contributed by atoms with Crippen molar-refractivity contribution in [2.24, 2.45) is 0 Å². The van der Waals surface area contributed by atoms with Gasteiger partial charge >= 0.3 is 0 Å². The van der Waals surface area contributed by atoms with Crippen LogP contribution in [0.2, 0.25) is 0 Å². The van der Waals surface area contributed by atoms with Crippen molar-refractivity contribution in [3.05, 3.63) is 35.5 Å². The number of carbonyl (C=O) groups is 1. The van der Waals surface area contributed by atoms with Crippen LogP contribution >= 0.6 is 0 Å². The summed E-state index contributed by atoms with van der Waals surface area (Å²) in [5.74, 6) is 0.219. The molecule has 0 saturated carbocycles. The molecule has 0 atom stereocenters. The number of nitrogens with zero attached hydrogens (tertiary/aromatic N) is 3. The molecule has 5 nitrogen and oxygen atoms in total. The standard InChI is InChI=1S/C18H24N4O/c1-21(2)11-4-12-22-15-5-3-6-16(23)17(15)18(20-22)13-7-9-14(19)10-8-13/h7-10H,3-6,11-12,19H2,1-2H3. The molecule has 0 spiro atoms. The molecule has 0 fully saturated rings. The second kappa shape index (κ2) is 6.54. The fourth-order valence-electron chi connectivity index (χ4n) is 3.15. The van der Waals surface area contributed by atoms with E-state index in [1.807, 2.05) is 28.9 Å². The summed E-state index contributed by atoms with van der Waals surface area (Å²) in [4.78, 5) is 14.6. The molecule has 0 unspecified atom stereocenters. The number of rotatable bonds is 5. The molecule has 0 radical (unpaired) electrons. The molecule has 1 aliphatic rings. The topological polar surface area (TPSA) is 64.2 Å². The molecule has 0 aliphatic heterocycles. The third-order valence-corrected chi connectivity index (χ3v) is 4.31. The molecule has 23 heavy (non-hydrogen) atoms. The van der Waals surface area contributed by atoms with Crippen LogP contribution in [0.4, 0.5) is 5.69 Å². The van der Waals surface area contributed by atoms with E-state index in [1.54, 1.807) is 0 Å². The maximum absolute atomic E-state index is 12.5. The number of ketones is 1. The molecule has 2 N–H and O–H groups in total. The number of aryl methyl sites for hydroxylation is 1. The molecule has 122 valence electrons. The van der Waals surface area contributed by atoms with Crippen LogP contribution in [0.15, 0.2) is 24.3 Å². The van der Waals surface area contributed by atoms with E-state index < -0.39 is 0 Å². The highest BCUT2D eigenvalue weighted by Crippen LogP contribution is 2.31. The van der Waals surface area contributed by atoms with Gasteiger partial charge < -0.3 is 10.6 Å². The molecule has 1 aromatic carbocycles. The average Bonchev–Trinajstić information content (AvgIpc) is 2.88. The van der Waals surface area contributed by atoms with Gasteiger partial charge in [0.1, 0.15) is 5.69 Å². The Morgan fingerprint density at radius 3 is 2.65 bits per heavy atom.